The third-order valence-electron chi connectivity index (χ3n) is 0.294. The number of nitrogens with zero attached hydrogens (tertiary/aromatic N) is 6. The molecule has 9 heavy (non-hydrogen) atoms. The number of rotatable bonds is 4. The van der Waals surface area contributed by atoms with E-state index in [1.807, 2.05) is 0 Å². The third-order valence-corrected chi connectivity index (χ3v) is 1.51. The molecular weight excluding hydrogens is 160 g/mol. The second-order valence-electron chi connectivity index (χ2n) is 0.718. The zero-order valence-electron chi connectivity index (χ0n) is 4.21. The molecule has 8 heteroatoms. The second-order valence-corrected chi connectivity index (χ2v) is 2.50. The van der Waals surface area contributed by atoms with Crippen molar-refractivity contribution in [1.29, 1.82) is 0 Å². The average molecular weight is 162 g/mol. The molecule has 0 aromatic heterocycles. The smallest absolute Gasteiger partial charge is 0.0535 e. The molecule has 0 spiro atoms. The SMILES string of the molecule is [N-]=[N+]=NSCSN=[N+]=[N-]. The summed E-state index contributed by atoms with van der Waals surface area (Å²) < 4.78 is 6.27. The van der Waals surface area contributed by atoms with Crippen LogP contribution in [0.15, 0.2) is 9.04 Å². The van der Waals surface area contributed by atoms with Gasteiger partial charge in [-0.15, -0.1) is 0 Å². The fraction of sp³-hybridized carbons (Fsp3) is 1.00. The molecule has 0 atom stereocenters. The Bertz CT molecular complexity index is 134. The summed E-state index contributed by atoms with van der Waals surface area (Å²) >= 11 is 2.00. The number of hydrogen-bond donors (Lipinski definition) is 0. The number of hydrogen-bond acceptors (Lipinski definition) is 4. The quantitative estimate of drug-likeness (QED) is 0.158. The van der Waals surface area contributed by atoms with E-state index >= 15 is 0 Å². The highest BCUT2D eigenvalue weighted by atomic mass is 32.2. The Kier molecular flexibility index (Phi) is 6.77. The second kappa shape index (κ2) is 7.32. The van der Waals surface area contributed by atoms with Crippen molar-refractivity contribution in [3.05, 3.63) is 20.9 Å². The molecule has 0 unspecified atom stereocenters. The first-order valence-corrected chi connectivity index (χ1v) is 3.63. The fourth-order valence-corrected chi connectivity index (χ4v) is 0.791. The molecule has 0 heterocycles. The lowest BCUT2D eigenvalue weighted by Crippen LogP contribution is -1.55. The summed E-state index contributed by atoms with van der Waals surface area (Å²) in [5, 5.41) is 0.453. The van der Waals surface area contributed by atoms with E-state index in [0.29, 0.717) is 5.08 Å². The van der Waals surface area contributed by atoms with Gasteiger partial charge in [-0.2, -0.15) is 0 Å². The maximum atomic E-state index is 7.75. The highest BCUT2D eigenvalue weighted by Gasteiger charge is 1.78. The van der Waals surface area contributed by atoms with E-state index in [9.17, 15) is 0 Å². The molecule has 0 aliphatic carbocycles. The van der Waals surface area contributed by atoms with Gasteiger partial charge in [0.05, 0.1) is 5.08 Å². The summed E-state index contributed by atoms with van der Waals surface area (Å²) in [6, 6.07) is 0. The molecular formula is CH2N6S2. The van der Waals surface area contributed by atoms with Gasteiger partial charge in [0.2, 0.25) is 0 Å². The summed E-state index contributed by atoms with van der Waals surface area (Å²) in [4.78, 5) is 4.95. The van der Waals surface area contributed by atoms with Crippen molar-refractivity contribution in [2.75, 3.05) is 5.08 Å². The molecule has 0 bridgehead atoms. The first-order chi connectivity index (χ1) is 4.41. The van der Waals surface area contributed by atoms with Crippen molar-refractivity contribution in [3.8, 4) is 0 Å². The molecule has 0 aliphatic heterocycles. The fourth-order valence-electron chi connectivity index (χ4n) is 0.122. The van der Waals surface area contributed by atoms with Gasteiger partial charge in [-0.1, -0.05) is 23.9 Å². The van der Waals surface area contributed by atoms with Gasteiger partial charge in [-0.05, 0) is 20.1 Å². The highest BCUT2D eigenvalue weighted by molar-refractivity contribution is 8.14. The molecule has 0 saturated carbocycles. The van der Waals surface area contributed by atoms with E-state index in [-0.39, 0.29) is 0 Å². The largest absolute Gasteiger partial charge is 0.0554 e. The molecule has 0 aromatic carbocycles. The lowest BCUT2D eigenvalue weighted by atomic mass is 11.9. The van der Waals surface area contributed by atoms with Crippen molar-refractivity contribution in [2.45, 2.75) is 0 Å². The van der Waals surface area contributed by atoms with E-state index in [1.165, 1.54) is 0 Å². The van der Waals surface area contributed by atoms with Gasteiger partial charge in [0.15, 0.2) is 0 Å². The van der Waals surface area contributed by atoms with Crippen molar-refractivity contribution in [2.24, 2.45) is 9.04 Å². The van der Waals surface area contributed by atoms with Crippen LogP contribution in [0.2, 0.25) is 0 Å². The standard InChI is InChI=1S/CH2N6S2/c2-4-6-8-1-9-7-5-3/h1H2. The minimum Gasteiger partial charge on any atom is -0.0554 e. The summed E-state index contributed by atoms with van der Waals surface area (Å²) in [7, 11) is 0. The molecule has 0 aliphatic rings. The topological polar surface area (TPSA) is 97.5 Å². The minimum atomic E-state index is 0.453. The summed E-state index contributed by atoms with van der Waals surface area (Å²) in [5.41, 5.74) is 15.5. The third kappa shape index (κ3) is 7.32. The zero-order chi connectivity index (χ0) is 6.95. The Morgan fingerprint density at radius 2 is 1.56 bits per heavy atom. The van der Waals surface area contributed by atoms with E-state index < -0.39 is 0 Å². The Labute approximate surface area is 59.5 Å². The first-order valence-electron chi connectivity index (χ1n) is 1.74. The monoisotopic (exact) mass is 162 g/mol. The van der Waals surface area contributed by atoms with E-state index in [4.69, 9.17) is 11.1 Å². The van der Waals surface area contributed by atoms with Gasteiger partial charge in [0.1, 0.15) is 0 Å². The van der Waals surface area contributed by atoms with Gasteiger partial charge >= 0.3 is 0 Å². The number of azide groups is 2. The van der Waals surface area contributed by atoms with Gasteiger partial charge in [0, 0.05) is 9.82 Å². The van der Waals surface area contributed by atoms with Crippen LogP contribution in [0.25, 0.3) is 20.9 Å². The highest BCUT2D eigenvalue weighted by Crippen LogP contribution is 2.13. The van der Waals surface area contributed by atoms with Crippen molar-refractivity contribution in [3.63, 3.8) is 0 Å². The Hall–Kier alpha value is -0.680. The molecule has 0 aromatic rings. The lowest BCUT2D eigenvalue weighted by molar-refractivity contribution is 1.77. The van der Waals surface area contributed by atoms with E-state index in [1.54, 1.807) is 0 Å². The molecule has 0 N–H and O–H groups in total. The van der Waals surface area contributed by atoms with Crippen LogP contribution in [0.4, 0.5) is 0 Å². The van der Waals surface area contributed by atoms with Gasteiger partial charge in [-0.3, -0.25) is 0 Å². The van der Waals surface area contributed by atoms with Crippen LogP contribution in [-0.2, 0) is 0 Å². The Balaban J connectivity index is 3.09. The van der Waals surface area contributed by atoms with Crippen LogP contribution >= 0.6 is 23.9 Å². The van der Waals surface area contributed by atoms with Crippen LogP contribution < -0.4 is 0 Å². The summed E-state index contributed by atoms with van der Waals surface area (Å²) in [5.74, 6) is 0. The maximum absolute atomic E-state index is 7.75. The van der Waals surface area contributed by atoms with E-state index in [2.05, 4.69) is 18.9 Å². The van der Waals surface area contributed by atoms with Gasteiger partial charge in [0.25, 0.3) is 0 Å². The average Bonchev–Trinajstić information content (AvgIpc) is 1.89. The van der Waals surface area contributed by atoms with Crippen molar-refractivity contribution < 1.29 is 0 Å². The van der Waals surface area contributed by atoms with Crippen LogP contribution in [0.5, 0.6) is 0 Å². The molecule has 0 fully saturated rings. The molecule has 0 radical (unpaired) electrons. The predicted octanol–water partition coefficient (Wildman–Crippen LogP) is 2.86. The van der Waals surface area contributed by atoms with E-state index in [0.717, 1.165) is 23.9 Å². The maximum Gasteiger partial charge on any atom is 0.0535 e. The van der Waals surface area contributed by atoms with Crippen LogP contribution in [0.3, 0.4) is 0 Å². The Morgan fingerprint density at radius 1 is 1.11 bits per heavy atom. The molecule has 0 amide bonds. The minimum absolute atomic E-state index is 0.453. The zero-order valence-corrected chi connectivity index (χ0v) is 5.84. The predicted molar refractivity (Wildman–Crippen MR) is 38.3 cm³/mol. The van der Waals surface area contributed by atoms with Gasteiger partial charge < -0.3 is 0 Å². The molecule has 6 nitrogen and oxygen atoms in total. The van der Waals surface area contributed by atoms with Crippen LogP contribution in [-0.4, -0.2) is 5.08 Å². The van der Waals surface area contributed by atoms with Crippen molar-refractivity contribution >= 4 is 23.9 Å². The molecule has 48 valence electrons. The van der Waals surface area contributed by atoms with Crippen molar-refractivity contribution in [1.82, 2.24) is 0 Å². The summed E-state index contributed by atoms with van der Waals surface area (Å²) in [6.07, 6.45) is 0. The first kappa shape index (κ1) is 8.32. The van der Waals surface area contributed by atoms with Crippen LogP contribution in [0.1, 0.15) is 0 Å². The lowest BCUT2D eigenvalue weighted by Gasteiger charge is -1.81. The molecule has 0 rings (SSSR count). The summed E-state index contributed by atoms with van der Waals surface area (Å²) in [6.45, 7) is 0. The van der Waals surface area contributed by atoms with Gasteiger partial charge in [-0.25, -0.2) is 0 Å². The molecule has 0 saturated heterocycles. The normalized spacial score (nSPS) is 7.11. The van der Waals surface area contributed by atoms with Crippen LogP contribution in [0, 0.1) is 0 Å². The Morgan fingerprint density at radius 3 is 1.89 bits per heavy atom.